The third-order valence-electron chi connectivity index (χ3n) is 6.25. The summed E-state index contributed by atoms with van der Waals surface area (Å²) < 4.78 is 0. The van der Waals surface area contributed by atoms with E-state index < -0.39 is 0 Å². The number of anilines is 1. The third-order valence-corrected chi connectivity index (χ3v) is 6.25. The Balaban J connectivity index is 1.40. The molecule has 0 unspecified atom stereocenters. The van der Waals surface area contributed by atoms with Gasteiger partial charge in [0, 0.05) is 22.8 Å². The molecule has 1 atom stereocenters. The van der Waals surface area contributed by atoms with Gasteiger partial charge in [-0.3, -0.25) is 9.69 Å². The number of aromatic nitrogens is 1. The average molecular weight is 376 g/mol. The van der Waals surface area contributed by atoms with Crippen LogP contribution < -0.4 is 5.32 Å². The topological polar surface area (TPSA) is 48.1 Å². The number of fused-ring (bicyclic) bond motifs is 1. The van der Waals surface area contributed by atoms with Crippen LogP contribution >= 0.6 is 0 Å². The molecule has 28 heavy (non-hydrogen) atoms. The number of rotatable bonds is 4. The van der Waals surface area contributed by atoms with Gasteiger partial charge in [0.05, 0.1) is 6.04 Å². The van der Waals surface area contributed by atoms with E-state index in [1.165, 1.54) is 16.5 Å². The number of carbonyl (C=O) groups is 1. The second-order valence-corrected chi connectivity index (χ2v) is 8.03. The summed E-state index contributed by atoms with van der Waals surface area (Å²) in [5.41, 5.74) is 5.80. The van der Waals surface area contributed by atoms with E-state index in [1.54, 1.807) is 0 Å². The molecule has 0 saturated carbocycles. The summed E-state index contributed by atoms with van der Waals surface area (Å²) in [6, 6.07) is 14.5. The average Bonchev–Trinajstić information content (AvgIpc) is 3.14. The highest BCUT2D eigenvalue weighted by Crippen LogP contribution is 2.33. The van der Waals surface area contributed by atoms with E-state index in [9.17, 15) is 4.79 Å². The second-order valence-electron chi connectivity index (χ2n) is 8.03. The van der Waals surface area contributed by atoms with Crippen molar-refractivity contribution in [3.8, 4) is 0 Å². The highest BCUT2D eigenvalue weighted by Gasteiger charge is 2.28. The summed E-state index contributed by atoms with van der Waals surface area (Å²) in [4.78, 5) is 18.6. The minimum Gasteiger partial charge on any atom is -0.361 e. The van der Waals surface area contributed by atoms with Gasteiger partial charge >= 0.3 is 0 Å². The number of piperidine rings is 1. The maximum atomic E-state index is 12.8. The van der Waals surface area contributed by atoms with Crippen molar-refractivity contribution >= 4 is 22.5 Å². The Morgan fingerprint density at radius 3 is 2.46 bits per heavy atom. The van der Waals surface area contributed by atoms with Gasteiger partial charge in [-0.15, -0.1) is 0 Å². The Hall–Kier alpha value is -2.59. The van der Waals surface area contributed by atoms with Crippen LogP contribution in [0.5, 0.6) is 0 Å². The van der Waals surface area contributed by atoms with Gasteiger partial charge in [-0.05, 0) is 75.4 Å². The monoisotopic (exact) mass is 375 g/mol. The first-order valence-corrected chi connectivity index (χ1v) is 10.2. The zero-order valence-corrected chi connectivity index (χ0v) is 17.0. The molecule has 1 amide bonds. The van der Waals surface area contributed by atoms with Crippen LogP contribution in [0.4, 0.5) is 5.69 Å². The second kappa shape index (κ2) is 7.80. The molecule has 4 nitrogen and oxygen atoms in total. The van der Waals surface area contributed by atoms with Crippen molar-refractivity contribution in [1.82, 2.24) is 9.88 Å². The van der Waals surface area contributed by atoms with Crippen LogP contribution in [0.15, 0.2) is 48.7 Å². The van der Waals surface area contributed by atoms with Crippen molar-refractivity contribution in [2.75, 3.05) is 18.4 Å². The largest absolute Gasteiger partial charge is 0.361 e. The number of para-hydroxylation sites is 2. The summed E-state index contributed by atoms with van der Waals surface area (Å²) in [7, 11) is 0. The fraction of sp³-hybridized carbons (Fsp3) is 0.375. The Kier molecular flexibility index (Phi) is 5.23. The maximum Gasteiger partial charge on any atom is 0.241 e. The summed E-state index contributed by atoms with van der Waals surface area (Å²) >= 11 is 0. The van der Waals surface area contributed by atoms with Crippen LogP contribution in [0.3, 0.4) is 0 Å². The molecule has 1 saturated heterocycles. The SMILES string of the molecule is Cc1cccc(C)c1NC(=O)[C@@H](C)N1CCC(c2c[nH]c3ccccc23)CC1. The van der Waals surface area contributed by atoms with Gasteiger partial charge in [0.25, 0.3) is 0 Å². The van der Waals surface area contributed by atoms with E-state index in [-0.39, 0.29) is 11.9 Å². The number of hydrogen-bond acceptors (Lipinski definition) is 2. The zero-order valence-electron chi connectivity index (χ0n) is 17.0. The predicted octanol–water partition coefficient (Wildman–Crippen LogP) is 4.99. The molecule has 1 aliphatic heterocycles. The van der Waals surface area contributed by atoms with E-state index in [0.717, 1.165) is 42.7 Å². The highest BCUT2D eigenvalue weighted by molar-refractivity contribution is 5.95. The first kappa shape index (κ1) is 18.8. The first-order valence-electron chi connectivity index (χ1n) is 10.2. The van der Waals surface area contributed by atoms with Crippen molar-refractivity contribution < 1.29 is 4.79 Å². The van der Waals surface area contributed by atoms with Crippen LogP contribution in [0.2, 0.25) is 0 Å². The number of hydrogen-bond donors (Lipinski definition) is 2. The standard InChI is InChI=1S/C24H29N3O/c1-16-7-6-8-17(2)23(16)26-24(28)18(3)27-13-11-19(12-14-27)21-15-25-22-10-5-4-9-20(21)22/h4-10,15,18-19,25H,11-14H2,1-3H3,(H,26,28)/t18-/m1/s1. The molecule has 0 bridgehead atoms. The lowest BCUT2D eigenvalue weighted by Crippen LogP contribution is -2.45. The normalized spacial score (nSPS) is 17.0. The Labute approximate surface area is 166 Å². The molecular weight excluding hydrogens is 346 g/mol. The summed E-state index contributed by atoms with van der Waals surface area (Å²) in [5.74, 6) is 0.643. The van der Waals surface area contributed by atoms with Gasteiger partial charge in [0.1, 0.15) is 0 Å². The Morgan fingerprint density at radius 2 is 1.75 bits per heavy atom. The number of benzene rings is 2. The van der Waals surface area contributed by atoms with Gasteiger partial charge in [-0.2, -0.15) is 0 Å². The van der Waals surface area contributed by atoms with Crippen molar-refractivity contribution in [2.45, 2.75) is 45.6 Å². The number of aryl methyl sites for hydroxylation is 2. The van der Waals surface area contributed by atoms with Gasteiger partial charge in [0.15, 0.2) is 0 Å². The number of aromatic amines is 1. The number of nitrogens with zero attached hydrogens (tertiary/aromatic N) is 1. The van der Waals surface area contributed by atoms with Gasteiger partial charge < -0.3 is 10.3 Å². The number of likely N-dealkylation sites (tertiary alicyclic amines) is 1. The van der Waals surface area contributed by atoms with Gasteiger partial charge in [-0.25, -0.2) is 0 Å². The number of nitrogens with one attached hydrogen (secondary N) is 2. The number of carbonyl (C=O) groups excluding carboxylic acids is 1. The van der Waals surface area contributed by atoms with Crippen molar-refractivity contribution in [1.29, 1.82) is 0 Å². The van der Waals surface area contributed by atoms with Crippen molar-refractivity contribution in [2.24, 2.45) is 0 Å². The zero-order chi connectivity index (χ0) is 19.7. The molecule has 1 aromatic heterocycles. The third kappa shape index (κ3) is 3.57. The lowest BCUT2D eigenvalue weighted by Gasteiger charge is -2.35. The molecule has 0 spiro atoms. The molecular formula is C24H29N3O. The lowest BCUT2D eigenvalue weighted by atomic mass is 9.88. The van der Waals surface area contributed by atoms with E-state index in [0.29, 0.717) is 5.92 Å². The molecule has 1 fully saturated rings. The summed E-state index contributed by atoms with van der Waals surface area (Å²) in [6.07, 6.45) is 4.34. The number of H-pyrrole nitrogens is 1. The van der Waals surface area contributed by atoms with Crippen LogP contribution in [0.25, 0.3) is 10.9 Å². The number of amides is 1. The van der Waals surface area contributed by atoms with Crippen molar-refractivity contribution in [3.63, 3.8) is 0 Å². The van der Waals surface area contributed by atoms with Crippen LogP contribution in [-0.4, -0.2) is 34.9 Å². The van der Waals surface area contributed by atoms with E-state index >= 15 is 0 Å². The minimum atomic E-state index is -0.122. The maximum absolute atomic E-state index is 12.8. The smallest absolute Gasteiger partial charge is 0.241 e. The summed E-state index contributed by atoms with van der Waals surface area (Å²) in [5, 5.41) is 4.49. The molecule has 1 aliphatic rings. The molecule has 4 heteroatoms. The molecule has 2 heterocycles. The van der Waals surface area contributed by atoms with Gasteiger partial charge in [-0.1, -0.05) is 36.4 Å². The van der Waals surface area contributed by atoms with Gasteiger partial charge in [0.2, 0.25) is 5.91 Å². The fourth-order valence-electron chi connectivity index (χ4n) is 4.43. The molecule has 0 aliphatic carbocycles. The molecule has 0 radical (unpaired) electrons. The lowest BCUT2D eigenvalue weighted by molar-refractivity contribution is -0.121. The fourth-order valence-corrected chi connectivity index (χ4v) is 4.43. The quantitative estimate of drug-likeness (QED) is 0.675. The van der Waals surface area contributed by atoms with Crippen LogP contribution in [0, 0.1) is 13.8 Å². The first-order chi connectivity index (χ1) is 13.5. The van der Waals surface area contributed by atoms with Crippen LogP contribution in [-0.2, 0) is 4.79 Å². The Bertz CT molecular complexity index is 962. The highest BCUT2D eigenvalue weighted by atomic mass is 16.2. The molecule has 2 aromatic carbocycles. The van der Waals surface area contributed by atoms with E-state index in [4.69, 9.17) is 0 Å². The van der Waals surface area contributed by atoms with E-state index in [1.807, 2.05) is 39.0 Å². The van der Waals surface area contributed by atoms with Crippen molar-refractivity contribution in [3.05, 3.63) is 65.4 Å². The summed E-state index contributed by atoms with van der Waals surface area (Å²) in [6.45, 7) is 8.01. The predicted molar refractivity (Wildman–Crippen MR) is 116 cm³/mol. The molecule has 3 aromatic rings. The molecule has 146 valence electrons. The Morgan fingerprint density at radius 1 is 1.07 bits per heavy atom. The molecule has 2 N–H and O–H groups in total. The van der Waals surface area contributed by atoms with Crippen LogP contribution in [0.1, 0.15) is 42.4 Å². The van der Waals surface area contributed by atoms with E-state index in [2.05, 4.69) is 45.7 Å². The molecule has 4 rings (SSSR count). The minimum absolute atomic E-state index is 0.0861.